The predicted molar refractivity (Wildman–Crippen MR) is 184 cm³/mol. The van der Waals surface area contributed by atoms with Crippen molar-refractivity contribution in [2.45, 2.75) is 48.3 Å². The van der Waals surface area contributed by atoms with Crippen LogP contribution in [0.15, 0.2) is 107 Å². The predicted octanol–water partition coefficient (Wildman–Crippen LogP) is 6.44. The standard InChI is InChI=1S/C37H35F6N3O7S/c1-51-30-8-5-7-26(21-30)32-35(15-18-54(49,50)31-9-3-2-4-10-31,45-33(53-32)25-11-13-29(14-12-25)52-17-6-16-47)34(48)46-44-23-24-19-27(36(38,39)40)22-28(20-24)37(41,42)43/h2-5,7-14,19-22,32,44,47H,6,15-18,23H2,1H3,(H,46,48)/t32-,35-/m0/s1. The number of aliphatic imine (C=N–C) groups is 1. The van der Waals surface area contributed by atoms with Gasteiger partial charge in [-0.05, 0) is 77.9 Å². The molecule has 0 spiro atoms. The van der Waals surface area contributed by atoms with Crippen LogP contribution >= 0.6 is 0 Å². The van der Waals surface area contributed by atoms with Crippen LogP contribution in [0.4, 0.5) is 26.3 Å². The van der Waals surface area contributed by atoms with E-state index >= 15 is 0 Å². The summed E-state index contributed by atoms with van der Waals surface area (Å²) in [6, 6.07) is 21.3. The van der Waals surface area contributed by atoms with Gasteiger partial charge in [-0.2, -0.15) is 26.3 Å². The lowest BCUT2D eigenvalue weighted by Crippen LogP contribution is -2.53. The van der Waals surface area contributed by atoms with E-state index in [4.69, 9.17) is 19.3 Å². The molecule has 0 aromatic heterocycles. The number of aliphatic hydroxyl groups excluding tert-OH is 1. The molecule has 1 aliphatic rings. The van der Waals surface area contributed by atoms with Crippen molar-refractivity contribution in [3.8, 4) is 11.5 Å². The van der Waals surface area contributed by atoms with Crippen LogP contribution in [0.2, 0.25) is 0 Å². The molecule has 0 saturated carbocycles. The van der Waals surface area contributed by atoms with Crippen LogP contribution < -0.4 is 20.3 Å². The molecule has 2 atom stereocenters. The van der Waals surface area contributed by atoms with Gasteiger partial charge in [0.1, 0.15) is 11.5 Å². The minimum Gasteiger partial charge on any atom is -0.497 e. The molecule has 0 fully saturated rings. The number of halogens is 6. The van der Waals surface area contributed by atoms with Crippen molar-refractivity contribution < 1.29 is 58.9 Å². The van der Waals surface area contributed by atoms with Gasteiger partial charge in [0.25, 0.3) is 5.91 Å². The van der Waals surface area contributed by atoms with Crippen molar-refractivity contribution >= 4 is 21.6 Å². The second kappa shape index (κ2) is 16.5. The highest BCUT2D eigenvalue weighted by atomic mass is 32.2. The lowest BCUT2D eigenvalue weighted by Gasteiger charge is -2.30. The van der Waals surface area contributed by atoms with E-state index in [9.17, 15) is 39.6 Å². The van der Waals surface area contributed by atoms with E-state index < -0.39 is 75.1 Å². The van der Waals surface area contributed by atoms with E-state index in [1.165, 1.54) is 31.4 Å². The first-order chi connectivity index (χ1) is 25.6. The minimum absolute atomic E-state index is 0.0110. The quantitative estimate of drug-likeness (QED) is 0.0714. The lowest BCUT2D eigenvalue weighted by molar-refractivity contribution is -0.143. The molecule has 5 rings (SSSR count). The van der Waals surface area contributed by atoms with Gasteiger partial charge < -0.3 is 19.3 Å². The number of amides is 1. The molecule has 17 heteroatoms. The number of benzene rings is 4. The number of aliphatic hydroxyl groups is 1. The van der Waals surface area contributed by atoms with Crippen molar-refractivity contribution in [1.29, 1.82) is 0 Å². The van der Waals surface area contributed by atoms with E-state index in [0.717, 1.165) is 0 Å². The van der Waals surface area contributed by atoms with E-state index in [2.05, 4.69) is 15.8 Å². The molecular formula is C37H35F6N3O7S. The topological polar surface area (TPSA) is 136 Å². The first-order valence-corrected chi connectivity index (χ1v) is 18.0. The number of carbonyl (C=O) groups excluding carboxylic acids is 1. The first-order valence-electron chi connectivity index (χ1n) is 16.4. The summed E-state index contributed by atoms with van der Waals surface area (Å²) < 4.78 is 125. The number of hydrazine groups is 1. The van der Waals surface area contributed by atoms with Crippen LogP contribution in [0.1, 0.15) is 46.8 Å². The molecule has 4 aromatic carbocycles. The average Bonchev–Trinajstić information content (AvgIpc) is 3.55. The smallest absolute Gasteiger partial charge is 0.416 e. The Morgan fingerprint density at radius 2 is 1.56 bits per heavy atom. The normalized spacial score (nSPS) is 17.4. The number of sulfone groups is 1. The summed E-state index contributed by atoms with van der Waals surface area (Å²) in [5, 5.41) is 9.05. The van der Waals surface area contributed by atoms with Crippen LogP contribution in [-0.2, 0) is 38.3 Å². The van der Waals surface area contributed by atoms with Crippen molar-refractivity contribution in [3.63, 3.8) is 0 Å². The highest BCUT2D eigenvalue weighted by Crippen LogP contribution is 2.44. The summed E-state index contributed by atoms with van der Waals surface area (Å²) in [5.41, 5.74) is -0.139. The Hall–Kier alpha value is -5.13. The fourth-order valence-corrected chi connectivity index (χ4v) is 7.05. The maximum Gasteiger partial charge on any atom is 0.416 e. The molecule has 0 saturated heterocycles. The molecule has 0 radical (unpaired) electrons. The molecule has 3 N–H and O–H groups in total. The third kappa shape index (κ3) is 9.50. The Labute approximate surface area is 306 Å². The Morgan fingerprint density at radius 1 is 0.889 bits per heavy atom. The van der Waals surface area contributed by atoms with Gasteiger partial charge in [0.15, 0.2) is 21.5 Å². The van der Waals surface area contributed by atoms with Gasteiger partial charge in [0.2, 0.25) is 5.90 Å². The molecule has 0 unspecified atom stereocenters. The number of alkyl halides is 6. The molecule has 1 amide bonds. The van der Waals surface area contributed by atoms with E-state index in [-0.39, 0.29) is 30.1 Å². The van der Waals surface area contributed by atoms with Crippen LogP contribution in [0.25, 0.3) is 0 Å². The molecule has 288 valence electrons. The van der Waals surface area contributed by atoms with Gasteiger partial charge in [-0.15, -0.1) is 0 Å². The Kier molecular flexibility index (Phi) is 12.2. The summed E-state index contributed by atoms with van der Waals surface area (Å²) in [4.78, 5) is 19.1. The first kappa shape index (κ1) is 40.1. The zero-order valence-electron chi connectivity index (χ0n) is 28.6. The molecule has 0 aliphatic carbocycles. The van der Waals surface area contributed by atoms with Crippen molar-refractivity contribution in [2.75, 3.05) is 26.1 Å². The van der Waals surface area contributed by atoms with Gasteiger partial charge >= 0.3 is 12.4 Å². The number of rotatable bonds is 15. The molecule has 4 aromatic rings. The average molecular weight is 780 g/mol. The maximum atomic E-state index is 14.4. The largest absolute Gasteiger partial charge is 0.497 e. The number of ether oxygens (including phenoxy) is 3. The summed E-state index contributed by atoms with van der Waals surface area (Å²) in [5.74, 6) is -0.847. The highest BCUT2D eigenvalue weighted by Gasteiger charge is 2.54. The minimum atomic E-state index is -5.09. The van der Waals surface area contributed by atoms with Gasteiger partial charge in [-0.3, -0.25) is 10.2 Å². The Balaban J connectivity index is 1.54. The molecule has 10 nitrogen and oxygen atoms in total. The van der Waals surface area contributed by atoms with E-state index in [0.29, 0.717) is 41.2 Å². The van der Waals surface area contributed by atoms with Crippen LogP contribution in [0.3, 0.4) is 0 Å². The van der Waals surface area contributed by atoms with Gasteiger partial charge in [-0.25, -0.2) is 18.8 Å². The summed E-state index contributed by atoms with van der Waals surface area (Å²) >= 11 is 0. The number of nitrogens with zero attached hydrogens (tertiary/aromatic N) is 1. The maximum absolute atomic E-state index is 14.4. The van der Waals surface area contributed by atoms with Gasteiger partial charge in [0, 0.05) is 31.6 Å². The fraction of sp³-hybridized carbons (Fsp3) is 0.297. The number of nitrogens with one attached hydrogen (secondary N) is 2. The zero-order valence-corrected chi connectivity index (χ0v) is 29.4. The Bertz CT molecular complexity index is 2030. The molecule has 54 heavy (non-hydrogen) atoms. The van der Waals surface area contributed by atoms with Crippen molar-refractivity contribution in [3.05, 3.63) is 125 Å². The second-order valence-electron chi connectivity index (χ2n) is 12.2. The van der Waals surface area contributed by atoms with Gasteiger partial charge in [0.05, 0.1) is 35.5 Å². The summed E-state index contributed by atoms with van der Waals surface area (Å²) in [6.07, 6.45) is -11.6. The number of hydrogen-bond acceptors (Lipinski definition) is 9. The number of carbonyl (C=O) groups is 1. The van der Waals surface area contributed by atoms with Crippen LogP contribution in [0.5, 0.6) is 11.5 Å². The molecule has 1 heterocycles. The monoisotopic (exact) mass is 779 g/mol. The van der Waals surface area contributed by atoms with E-state index in [1.54, 1.807) is 54.6 Å². The third-order valence-electron chi connectivity index (χ3n) is 8.42. The van der Waals surface area contributed by atoms with Crippen molar-refractivity contribution in [1.82, 2.24) is 10.9 Å². The van der Waals surface area contributed by atoms with Crippen LogP contribution in [-0.4, -0.2) is 56.9 Å². The van der Waals surface area contributed by atoms with Gasteiger partial charge in [-0.1, -0.05) is 30.3 Å². The van der Waals surface area contributed by atoms with Crippen molar-refractivity contribution in [2.24, 2.45) is 4.99 Å². The Morgan fingerprint density at radius 3 is 2.17 bits per heavy atom. The number of hydrogen-bond donors (Lipinski definition) is 3. The zero-order chi connectivity index (χ0) is 39.1. The second-order valence-corrected chi connectivity index (χ2v) is 14.3. The molecular weight excluding hydrogens is 744 g/mol. The molecule has 0 bridgehead atoms. The molecule has 1 aliphatic heterocycles. The highest BCUT2D eigenvalue weighted by molar-refractivity contribution is 7.91. The number of methoxy groups -OCH3 is 1. The summed E-state index contributed by atoms with van der Waals surface area (Å²) in [6.45, 7) is -0.506. The van der Waals surface area contributed by atoms with E-state index in [1.807, 2.05) is 0 Å². The SMILES string of the molecule is COc1cccc([C@@H]2OC(c3ccc(OCCCO)cc3)=N[C@]2(CCS(=O)(=O)c2ccccc2)C(=O)NNCc2cc(C(F)(F)F)cc(C(F)(F)F)c2)c1. The van der Waals surface area contributed by atoms with Crippen LogP contribution in [0, 0.1) is 0 Å². The lowest BCUT2D eigenvalue weighted by atomic mass is 9.85. The summed E-state index contributed by atoms with van der Waals surface area (Å²) in [7, 11) is -2.62. The fourth-order valence-electron chi connectivity index (χ4n) is 5.67. The third-order valence-corrected chi connectivity index (χ3v) is 10.2.